The molecule has 0 saturated heterocycles. The van der Waals surface area contributed by atoms with Gasteiger partial charge in [0.25, 0.3) is 5.91 Å². The van der Waals surface area contributed by atoms with Crippen molar-refractivity contribution in [1.82, 2.24) is 79.8 Å². The Morgan fingerprint density at radius 1 is 0.372 bits per heavy atom. The number of amides is 15. The normalized spacial score (nSPS) is 14.7. The van der Waals surface area contributed by atoms with Crippen LogP contribution in [0.25, 0.3) is 0 Å². The van der Waals surface area contributed by atoms with E-state index in [9.17, 15) is 87.2 Å². The number of nitrogens with two attached hydrogens (primary N) is 7. The largest absolute Gasteiger partial charge is 0.508 e. The molecule has 0 unspecified atom stereocenters. The van der Waals surface area contributed by atoms with Crippen LogP contribution >= 0.6 is 0 Å². The minimum absolute atomic E-state index is 0.00761. The van der Waals surface area contributed by atoms with Gasteiger partial charge in [-0.15, -0.1) is 0 Å². The van der Waals surface area contributed by atoms with Crippen LogP contribution < -0.4 is 120 Å². The summed E-state index contributed by atoms with van der Waals surface area (Å²) in [5, 5.41) is 92.1. The molecule has 0 aliphatic carbocycles. The highest BCUT2D eigenvalue weighted by molar-refractivity contribution is 6.02. The van der Waals surface area contributed by atoms with E-state index in [0.29, 0.717) is 11.1 Å². The number of aliphatic hydroxyl groups excluding tert-OH is 1. The maximum absolute atomic E-state index is 14.7. The number of carbonyl (C=O) groups excluding carboxylic acids is 15. The first-order valence-electron chi connectivity index (χ1n) is 39.7. The molecule has 0 fully saturated rings. The van der Waals surface area contributed by atoms with Gasteiger partial charge in [0.1, 0.15) is 84.0 Å². The second kappa shape index (κ2) is 52.1. The van der Waals surface area contributed by atoms with E-state index >= 15 is 0 Å². The van der Waals surface area contributed by atoms with Crippen molar-refractivity contribution in [2.24, 2.45) is 57.9 Å². The van der Waals surface area contributed by atoms with E-state index in [1.54, 1.807) is 53.7 Å². The topological polar surface area (TPSA) is 751 Å². The number of primary amides is 3. The monoisotopic (exact) mass is 1700 g/mol. The van der Waals surface area contributed by atoms with Gasteiger partial charge in [-0.05, 0) is 136 Å². The number of guanidine groups is 3. The van der Waals surface area contributed by atoms with Crippen LogP contribution in [0, 0.1) is 34.0 Å². The lowest BCUT2D eigenvalue weighted by Gasteiger charge is -2.31. The molecule has 15 atom stereocenters. The van der Waals surface area contributed by atoms with Crippen molar-refractivity contribution in [1.29, 1.82) is 16.2 Å². The van der Waals surface area contributed by atoms with Crippen LogP contribution in [-0.2, 0) is 86.5 Å². The van der Waals surface area contributed by atoms with Crippen LogP contribution in [0.15, 0.2) is 72.8 Å². The Labute approximate surface area is 701 Å². The summed E-state index contributed by atoms with van der Waals surface area (Å²) in [6.45, 7) is 12.6. The van der Waals surface area contributed by atoms with Gasteiger partial charge in [0.05, 0.1) is 12.5 Å². The lowest BCUT2D eigenvalue weighted by atomic mass is 9.95. The molecule has 0 bridgehead atoms. The Morgan fingerprint density at radius 3 is 1.12 bits per heavy atom. The molecule has 0 heterocycles. The molecular weight excluding hydrogens is 1580 g/mol. The van der Waals surface area contributed by atoms with Gasteiger partial charge < -0.3 is 135 Å². The third-order valence-electron chi connectivity index (χ3n) is 19.4. The zero-order valence-electron chi connectivity index (χ0n) is 69.4. The molecule has 121 heavy (non-hydrogen) atoms. The number of benzene rings is 3. The molecular formula is C78H123N25O18. The molecule has 0 saturated carbocycles. The van der Waals surface area contributed by atoms with Crippen LogP contribution in [0.3, 0.4) is 0 Å². The van der Waals surface area contributed by atoms with Gasteiger partial charge in [0.15, 0.2) is 17.9 Å². The molecule has 3 aromatic rings. The van der Waals surface area contributed by atoms with Crippen LogP contribution in [0.2, 0.25) is 0 Å². The summed E-state index contributed by atoms with van der Waals surface area (Å²) in [5.74, 6) is -18.2. The predicted octanol–water partition coefficient (Wildman–Crippen LogP) is -5.57. The minimum atomic E-state index is -1.93. The van der Waals surface area contributed by atoms with Gasteiger partial charge in [0, 0.05) is 51.0 Å². The highest BCUT2D eigenvalue weighted by Gasteiger charge is 2.40. The number of rotatable bonds is 54. The van der Waals surface area contributed by atoms with Gasteiger partial charge in [-0.25, -0.2) is 0 Å². The fraction of sp³-hybridized carbons (Fsp3) is 0.538. The number of phenols is 2. The lowest BCUT2D eigenvalue weighted by molar-refractivity contribution is -0.138. The van der Waals surface area contributed by atoms with Gasteiger partial charge in [-0.1, -0.05) is 90.8 Å². The Balaban J connectivity index is 1.96. The smallest absolute Gasteiger partial charge is 0.251 e. The van der Waals surface area contributed by atoms with E-state index in [1.165, 1.54) is 67.6 Å². The molecule has 15 amide bonds. The van der Waals surface area contributed by atoms with Crippen molar-refractivity contribution in [2.45, 2.75) is 230 Å². The first kappa shape index (κ1) is 102. The fourth-order valence-electron chi connectivity index (χ4n) is 12.1. The SMILES string of the molecule is CC[C@H](C)[C@H](NC(=O)[C@H](Cc1ccc(O)cc1)NC(=O)[C@H](C)NC(=O)[C@@H](CCCNC(=N)N)NC(=O)c1ccc(CN)cc1)C(=O)N[C@@H](CC(N)=O)C(=O)N[C@@H](CC(C)C)C(=O)N[C@H](C(=O)N[C@H](C(=O)N[C@@H](CCCNC(=N)N)C(=O)N[C@@H](CCC(N)=O)C(=O)N[C@@H](CCCNC(=N)N)C(=O)N[C@@H](Cc1ccc(O)cc1)C(N)=O)[C@@H](C)O)[C@@H](C)CC. The van der Waals surface area contributed by atoms with Gasteiger partial charge >= 0.3 is 0 Å². The Morgan fingerprint density at radius 2 is 0.711 bits per heavy atom. The molecule has 3 aromatic carbocycles. The van der Waals surface area contributed by atoms with E-state index in [1.807, 2.05) is 0 Å². The molecule has 3 rings (SSSR count). The molecule has 668 valence electrons. The molecule has 0 aliphatic heterocycles. The second-order valence-corrected chi connectivity index (χ2v) is 30.0. The third kappa shape index (κ3) is 37.7. The van der Waals surface area contributed by atoms with Crippen LogP contribution in [0.4, 0.5) is 0 Å². The van der Waals surface area contributed by atoms with Crippen molar-refractivity contribution in [3.63, 3.8) is 0 Å². The van der Waals surface area contributed by atoms with Crippen LogP contribution in [0.5, 0.6) is 11.5 Å². The van der Waals surface area contributed by atoms with E-state index in [0.717, 1.165) is 12.5 Å². The van der Waals surface area contributed by atoms with E-state index in [4.69, 9.17) is 56.4 Å². The lowest BCUT2D eigenvalue weighted by Crippen LogP contribution is -2.63. The average Bonchev–Trinajstić information content (AvgIpc) is 0.848. The number of aliphatic hydroxyl groups is 1. The number of nitrogens with one attached hydrogen (secondary N) is 18. The maximum Gasteiger partial charge on any atom is 0.251 e. The number of hydrogen-bond donors (Lipinski definition) is 28. The highest BCUT2D eigenvalue weighted by Crippen LogP contribution is 2.19. The van der Waals surface area contributed by atoms with Crippen LogP contribution in [0.1, 0.15) is 159 Å². The summed E-state index contributed by atoms with van der Waals surface area (Å²) in [7, 11) is 0. The first-order valence-corrected chi connectivity index (χ1v) is 39.7. The summed E-state index contributed by atoms with van der Waals surface area (Å²) in [4.78, 5) is 210. The van der Waals surface area contributed by atoms with E-state index in [-0.39, 0.29) is 120 Å². The summed E-state index contributed by atoms with van der Waals surface area (Å²) in [5.41, 5.74) is 40.8. The molecule has 35 N–H and O–H groups in total. The summed E-state index contributed by atoms with van der Waals surface area (Å²) in [6, 6.07) is -1.30. The quantitative estimate of drug-likeness (QED) is 0.0142. The number of aromatic hydroxyl groups is 2. The Bertz CT molecular complexity index is 4040. The van der Waals surface area contributed by atoms with Crippen molar-refractivity contribution in [3.8, 4) is 11.5 Å². The van der Waals surface area contributed by atoms with Crippen LogP contribution in [-0.4, -0.2) is 220 Å². The number of hydrogen-bond acceptors (Lipinski definition) is 22. The van der Waals surface area contributed by atoms with Gasteiger partial charge in [0.2, 0.25) is 82.7 Å². The standard InChI is InChI=1S/C78H123N25O18/c1-9-40(5)60(101-72(118)56(36-45-21-27-49(106)28-22-45)98-64(110)42(7)92-66(112)50(14-11-31-89-76(83)84)93-65(111)47-23-17-46(38-79)18-24-47)73(119)100-57(37-59(81)108)70(116)99-55(34-39(3)4)71(117)102-61(41(6)10-2)74(120)103-62(43(8)104)75(121)96-52(16-13-33-91-78(87)88)67(113)95-53(29-30-58(80)107)69(115)94-51(15-12-32-90-77(85)86)68(114)97-54(63(82)109)35-44-19-25-48(105)26-20-44/h17-28,39-43,50-57,60-62,104-106H,9-16,29-38,79H2,1-8H3,(H2,80,107)(H2,81,108)(H2,82,109)(H,92,112)(H,93,111)(H,94,115)(H,95,113)(H,96,121)(H,97,114)(H,98,110)(H,99,116)(H,100,119)(H,101,118)(H,102,117)(H,103,120)(H4,83,84,89)(H4,85,86,90)(H4,87,88,91)/t40-,41-,42-,43+,50+,51-,52-,53-,54-,55-,56-,57-,60-,61-,62-/m0/s1. The molecule has 0 aliphatic rings. The molecule has 43 nitrogen and oxygen atoms in total. The summed E-state index contributed by atoms with van der Waals surface area (Å²) >= 11 is 0. The molecule has 0 aromatic heterocycles. The van der Waals surface area contributed by atoms with Crippen molar-refractivity contribution in [2.75, 3.05) is 19.6 Å². The third-order valence-corrected chi connectivity index (χ3v) is 19.4. The summed E-state index contributed by atoms with van der Waals surface area (Å²) < 4.78 is 0. The van der Waals surface area contributed by atoms with E-state index < -0.39 is 216 Å². The van der Waals surface area contributed by atoms with Crippen molar-refractivity contribution in [3.05, 3.63) is 95.1 Å². The Kier molecular flexibility index (Phi) is 44.0. The zero-order valence-corrected chi connectivity index (χ0v) is 69.4. The average molecular weight is 1700 g/mol. The predicted molar refractivity (Wildman–Crippen MR) is 445 cm³/mol. The van der Waals surface area contributed by atoms with Gasteiger partial charge in [-0.3, -0.25) is 88.1 Å². The number of carbonyl (C=O) groups is 15. The molecule has 0 spiro atoms. The number of phenolic OH excluding ortho intramolecular Hbond substituents is 2. The van der Waals surface area contributed by atoms with E-state index in [2.05, 4.69) is 79.8 Å². The molecule has 43 heteroatoms. The Hall–Kier alpha value is -13.0. The van der Waals surface area contributed by atoms with Crippen molar-refractivity contribution < 1.29 is 87.2 Å². The van der Waals surface area contributed by atoms with Gasteiger partial charge in [-0.2, -0.15) is 0 Å². The summed E-state index contributed by atoms with van der Waals surface area (Å²) in [6.07, 6.45) is -4.09. The highest BCUT2D eigenvalue weighted by atomic mass is 16.3. The second-order valence-electron chi connectivity index (χ2n) is 30.0. The minimum Gasteiger partial charge on any atom is -0.508 e. The first-order chi connectivity index (χ1) is 57.0. The molecule has 0 radical (unpaired) electrons. The fourth-order valence-corrected chi connectivity index (χ4v) is 12.1. The van der Waals surface area contributed by atoms with Crippen molar-refractivity contribution >= 4 is 106 Å². The maximum atomic E-state index is 14.7. The zero-order chi connectivity index (χ0) is 90.9.